The number of carbonyl (C=O) groups excluding carboxylic acids is 1. The van der Waals surface area contributed by atoms with E-state index in [9.17, 15) is 4.79 Å². The van der Waals surface area contributed by atoms with E-state index >= 15 is 0 Å². The van der Waals surface area contributed by atoms with Gasteiger partial charge in [0.05, 0.1) is 24.6 Å². The van der Waals surface area contributed by atoms with Crippen LogP contribution >= 0.6 is 0 Å². The molecule has 1 saturated heterocycles. The molecule has 1 aliphatic rings. The van der Waals surface area contributed by atoms with Crippen molar-refractivity contribution in [1.29, 1.82) is 0 Å². The van der Waals surface area contributed by atoms with Gasteiger partial charge in [0.1, 0.15) is 0 Å². The fourth-order valence-corrected chi connectivity index (χ4v) is 1.09. The van der Waals surface area contributed by atoms with Crippen molar-refractivity contribution in [3.05, 3.63) is 0 Å². The van der Waals surface area contributed by atoms with Crippen molar-refractivity contribution in [3.63, 3.8) is 0 Å². The largest absolute Gasteiger partial charge is 0.664 e. The zero-order chi connectivity index (χ0) is 7.94. The van der Waals surface area contributed by atoms with Crippen LogP contribution in [-0.4, -0.2) is 50.7 Å². The minimum absolute atomic E-state index is 0.684. The van der Waals surface area contributed by atoms with Crippen LogP contribution in [0.1, 0.15) is 0 Å². The smallest absolute Gasteiger partial charge is 0.379 e. The van der Waals surface area contributed by atoms with Crippen LogP contribution in [0.5, 0.6) is 0 Å². The number of nitrogens with one attached hydrogen (secondary N) is 1. The van der Waals surface area contributed by atoms with E-state index in [-0.39, 0.29) is 0 Å². The molecule has 4 nitrogen and oxygen atoms in total. The van der Waals surface area contributed by atoms with Gasteiger partial charge < -0.3 is 4.74 Å². The Bertz CT molecular complexity index is 113. The van der Waals surface area contributed by atoms with Gasteiger partial charge in [-0.05, 0) is 0 Å². The van der Waals surface area contributed by atoms with Crippen LogP contribution in [0.4, 0.5) is 0 Å². The molecule has 0 radical (unpaired) electrons. The molecule has 0 unspecified atom stereocenters. The number of nitrogens with zero attached hydrogens (tertiary/aromatic N) is 1. The molecule has 0 aromatic heterocycles. The minimum Gasteiger partial charge on any atom is -0.379 e. The van der Waals surface area contributed by atoms with E-state index in [1.165, 1.54) is 0 Å². The molecule has 0 aliphatic carbocycles. The van der Waals surface area contributed by atoms with Crippen molar-refractivity contribution in [2.24, 2.45) is 0 Å². The predicted molar refractivity (Wildman–Crippen MR) is 41.0 cm³/mol. The first-order chi connectivity index (χ1) is 5.43. The van der Waals surface area contributed by atoms with Gasteiger partial charge in [0, 0.05) is 19.6 Å². The first-order valence-corrected chi connectivity index (χ1v) is 3.83. The van der Waals surface area contributed by atoms with Gasteiger partial charge in [0.15, 0.2) is 0 Å². The molecule has 4 heteroatoms. The standard InChI is InChI=1S/C7H13N2O2/c10-7-8-1-2-9-3-5-11-6-4-9/h1-6H2,(H,8,10)/q+1. The Labute approximate surface area is 66.5 Å². The highest BCUT2D eigenvalue weighted by atomic mass is 16.5. The lowest BCUT2D eigenvalue weighted by molar-refractivity contribution is 0.0389. The molecule has 1 amide bonds. The minimum atomic E-state index is 0.684. The molecule has 0 saturated carbocycles. The third-order valence-corrected chi connectivity index (χ3v) is 1.73. The molecule has 1 rings (SSSR count). The summed E-state index contributed by atoms with van der Waals surface area (Å²) in [7, 11) is 0. The molecule has 0 aromatic carbocycles. The van der Waals surface area contributed by atoms with Crippen LogP contribution in [0.3, 0.4) is 0 Å². The van der Waals surface area contributed by atoms with E-state index in [0.717, 1.165) is 32.8 Å². The zero-order valence-electron chi connectivity index (χ0n) is 6.51. The van der Waals surface area contributed by atoms with Gasteiger partial charge in [0.2, 0.25) is 0 Å². The maximum atomic E-state index is 9.77. The lowest BCUT2D eigenvalue weighted by Gasteiger charge is -2.25. The van der Waals surface area contributed by atoms with Crippen LogP contribution in [-0.2, 0) is 9.53 Å². The molecule has 1 fully saturated rings. The summed E-state index contributed by atoms with van der Waals surface area (Å²) in [4.78, 5) is 12.0. The number of hydrogen-bond acceptors (Lipinski definition) is 3. The Morgan fingerprint density at radius 1 is 1.45 bits per heavy atom. The number of rotatable bonds is 4. The number of ether oxygens (including phenoxy) is 1. The molecular formula is C7H13N2O2+. The third kappa shape index (κ3) is 3.28. The van der Waals surface area contributed by atoms with Crippen molar-refractivity contribution < 1.29 is 9.53 Å². The maximum absolute atomic E-state index is 9.77. The number of hydrogen-bond donors (Lipinski definition) is 1. The molecule has 0 spiro atoms. The normalized spacial score (nSPS) is 19.3. The van der Waals surface area contributed by atoms with Gasteiger partial charge in [-0.2, -0.15) is 0 Å². The summed E-state index contributed by atoms with van der Waals surface area (Å²) in [6.45, 7) is 5.15. The van der Waals surface area contributed by atoms with Gasteiger partial charge in [0.25, 0.3) is 0 Å². The van der Waals surface area contributed by atoms with Gasteiger partial charge in [-0.15, -0.1) is 5.32 Å². The average molecular weight is 157 g/mol. The third-order valence-electron chi connectivity index (χ3n) is 1.73. The fourth-order valence-electron chi connectivity index (χ4n) is 1.09. The van der Waals surface area contributed by atoms with Crippen LogP contribution in [0.15, 0.2) is 0 Å². The van der Waals surface area contributed by atoms with E-state index in [2.05, 4.69) is 10.2 Å². The van der Waals surface area contributed by atoms with Gasteiger partial charge in [-0.25, -0.2) is 0 Å². The highest BCUT2D eigenvalue weighted by Crippen LogP contribution is 1.94. The quantitative estimate of drug-likeness (QED) is 0.322. The first kappa shape index (κ1) is 8.40. The summed E-state index contributed by atoms with van der Waals surface area (Å²) < 4.78 is 5.17. The highest BCUT2D eigenvalue weighted by Gasteiger charge is 2.09. The van der Waals surface area contributed by atoms with E-state index < -0.39 is 0 Å². The van der Waals surface area contributed by atoms with Crippen LogP contribution in [0.2, 0.25) is 0 Å². The van der Waals surface area contributed by atoms with Crippen molar-refractivity contribution >= 4 is 6.41 Å². The second-order valence-corrected chi connectivity index (χ2v) is 2.48. The summed E-state index contributed by atoms with van der Waals surface area (Å²) in [5, 5.41) is 2.51. The summed E-state index contributed by atoms with van der Waals surface area (Å²) in [6, 6.07) is 0. The summed E-state index contributed by atoms with van der Waals surface area (Å²) in [5.41, 5.74) is 0. The Morgan fingerprint density at radius 2 is 2.18 bits per heavy atom. The summed E-state index contributed by atoms with van der Waals surface area (Å²) in [6.07, 6.45) is 1.65. The summed E-state index contributed by atoms with van der Waals surface area (Å²) in [5.74, 6) is 0. The van der Waals surface area contributed by atoms with Crippen LogP contribution in [0, 0.1) is 0 Å². The number of morpholine rings is 1. The topological polar surface area (TPSA) is 41.6 Å². The van der Waals surface area contributed by atoms with E-state index in [4.69, 9.17) is 4.74 Å². The van der Waals surface area contributed by atoms with Crippen LogP contribution < -0.4 is 5.32 Å². The average Bonchev–Trinajstić information content (AvgIpc) is 2.07. The first-order valence-electron chi connectivity index (χ1n) is 3.83. The lowest BCUT2D eigenvalue weighted by atomic mass is 10.4. The molecule has 11 heavy (non-hydrogen) atoms. The Kier molecular flexibility index (Phi) is 3.83. The van der Waals surface area contributed by atoms with Crippen molar-refractivity contribution in [2.75, 3.05) is 39.4 Å². The Balaban J connectivity index is 2.00. The van der Waals surface area contributed by atoms with Crippen molar-refractivity contribution in [2.45, 2.75) is 0 Å². The van der Waals surface area contributed by atoms with Crippen LogP contribution in [0.25, 0.3) is 0 Å². The molecule has 1 aliphatic heterocycles. The SMILES string of the molecule is O=[C+]NCCN1CCOCC1. The molecule has 1 heterocycles. The predicted octanol–water partition coefficient (Wildman–Crippen LogP) is -1.02. The molecule has 0 aromatic rings. The second kappa shape index (κ2) is 5.02. The van der Waals surface area contributed by atoms with E-state index in [1.54, 1.807) is 6.41 Å². The molecule has 0 bridgehead atoms. The molecule has 62 valence electrons. The summed E-state index contributed by atoms with van der Waals surface area (Å²) >= 11 is 0. The second-order valence-electron chi connectivity index (χ2n) is 2.48. The van der Waals surface area contributed by atoms with Crippen molar-refractivity contribution in [3.8, 4) is 0 Å². The van der Waals surface area contributed by atoms with Crippen molar-refractivity contribution in [1.82, 2.24) is 10.2 Å². The van der Waals surface area contributed by atoms with E-state index in [0.29, 0.717) is 6.54 Å². The monoisotopic (exact) mass is 157 g/mol. The Morgan fingerprint density at radius 3 is 2.82 bits per heavy atom. The highest BCUT2D eigenvalue weighted by molar-refractivity contribution is 5.46. The number of amides is 1. The van der Waals surface area contributed by atoms with E-state index in [1.807, 2.05) is 0 Å². The van der Waals surface area contributed by atoms with Gasteiger partial charge >= 0.3 is 6.41 Å². The lowest BCUT2D eigenvalue weighted by Crippen LogP contribution is -2.40. The Hall–Kier alpha value is -0.700. The zero-order valence-corrected chi connectivity index (χ0v) is 6.51. The molecular weight excluding hydrogens is 144 g/mol. The molecule has 0 atom stereocenters. The van der Waals surface area contributed by atoms with Gasteiger partial charge in [-0.3, -0.25) is 4.90 Å². The molecule has 1 N–H and O–H groups in total. The fraction of sp³-hybridized carbons (Fsp3) is 0.857. The van der Waals surface area contributed by atoms with Gasteiger partial charge in [-0.1, -0.05) is 0 Å². The maximum Gasteiger partial charge on any atom is 0.664 e.